The minimum absolute atomic E-state index is 0.110. The largest absolute Gasteiger partial charge is 0.314 e. The van der Waals surface area contributed by atoms with E-state index < -0.39 is 5.92 Å². The molecule has 1 N–H and O–H groups in total. The molecule has 0 aromatic rings. The van der Waals surface area contributed by atoms with E-state index in [0.29, 0.717) is 11.8 Å². The third kappa shape index (κ3) is 4.20. The molecule has 0 saturated heterocycles. The van der Waals surface area contributed by atoms with Crippen LogP contribution >= 0.6 is 0 Å². The number of halogens is 2. The molecular weight excluding hydrogens is 220 g/mol. The van der Waals surface area contributed by atoms with Crippen molar-refractivity contribution in [2.75, 3.05) is 6.54 Å². The molecule has 3 heteroatoms. The van der Waals surface area contributed by atoms with Crippen LogP contribution in [0, 0.1) is 17.8 Å². The van der Waals surface area contributed by atoms with Crippen molar-refractivity contribution in [2.24, 2.45) is 17.8 Å². The lowest BCUT2D eigenvalue weighted by Gasteiger charge is -2.23. The summed E-state index contributed by atoms with van der Waals surface area (Å²) >= 11 is 0. The average Bonchev–Trinajstić information content (AvgIpc) is 3.00. The summed E-state index contributed by atoms with van der Waals surface area (Å²) in [6.45, 7) is 5.51. The van der Waals surface area contributed by atoms with Gasteiger partial charge in [0, 0.05) is 18.9 Å². The summed E-state index contributed by atoms with van der Waals surface area (Å²) in [4.78, 5) is 0. The highest BCUT2D eigenvalue weighted by Gasteiger charge is 2.39. The molecule has 2 aliphatic carbocycles. The SMILES string of the molecule is CC(CNC1CC1)C(C)CC1CCC(F)(F)C1. The van der Waals surface area contributed by atoms with E-state index in [0.717, 1.165) is 25.4 Å². The van der Waals surface area contributed by atoms with Crippen LogP contribution in [0.15, 0.2) is 0 Å². The van der Waals surface area contributed by atoms with Gasteiger partial charge in [0.25, 0.3) is 0 Å². The Morgan fingerprint density at radius 2 is 1.88 bits per heavy atom. The summed E-state index contributed by atoms with van der Waals surface area (Å²) in [5, 5.41) is 3.53. The summed E-state index contributed by atoms with van der Waals surface area (Å²) in [7, 11) is 0. The van der Waals surface area contributed by atoms with Gasteiger partial charge in [-0.3, -0.25) is 0 Å². The molecule has 100 valence electrons. The molecule has 3 atom stereocenters. The van der Waals surface area contributed by atoms with Crippen molar-refractivity contribution in [2.45, 2.75) is 64.3 Å². The van der Waals surface area contributed by atoms with Gasteiger partial charge in [-0.1, -0.05) is 13.8 Å². The summed E-state index contributed by atoms with van der Waals surface area (Å²) in [5.41, 5.74) is 0. The van der Waals surface area contributed by atoms with Crippen molar-refractivity contribution in [3.05, 3.63) is 0 Å². The summed E-state index contributed by atoms with van der Waals surface area (Å²) < 4.78 is 26.2. The van der Waals surface area contributed by atoms with E-state index in [9.17, 15) is 8.78 Å². The molecule has 2 saturated carbocycles. The lowest BCUT2D eigenvalue weighted by molar-refractivity contribution is 0.00382. The molecule has 0 spiro atoms. The second kappa shape index (κ2) is 5.21. The zero-order valence-electron chi connectivity index (χ0n) is 11.0. The lowest BCUT2D eigenvalue weighted by Crippen LogP contribution is -2.27. The second-order valence-electron chi connectivity index (χ2n) is 6.34. The van der Waals surface area contributed by atoms with Crippen LogP contribution in [0.2, 0.25) is 0 Å². The van der Waals surface area contributed by atoms with Crippen molar-refractivity contribution in [1.29, 1.82) is 0 Å². The number of rotatable bonds is 6. The maximum Gasteiger partial charge on any atom is 0.248 e. The fourth-order valence-corrected chi connectivity index (χ4v) is 2.84. The molecule has 2 aliphatic rings. The second-order valence-corrected chi connectivity index (χ2v) is 6.34. The molecule has 0 amide bonds. The Hall–Kier alpha value is -0.180. The van der Waals surface area contributed by atoms with Crippen LogP contribution in [0.5, 0.6) is 0 Å². The highest BCUT2D eigenvalue weighted by atomic mass is 19.3. The van der Waals surface area contributed by atoms with Gasteiger partial charge in [-0.2, -0.15) is 0 Å². The highest BCUT2D eigenvalue weighted by molar-refractivity contribution is 4.85. The van der Waals surface area contributed by atoms with Crippen molar-refractivity contribution in [3.63, 3.8) is 0 Å². The quantitative estimate of drug-likeness (QED) is 0.749. The Morgan fingerprint density at radius 3 is 2.41 bits per heavy atom. The number of nitrogens with one attached hydrogen (secondary N) is 1. The van der Waals surface area contributed by atoms with Crippen LogP contribution < -0.4 is 5.32 Å². The maximum atomic E-state index is 13.1. The minimum atomic E-state index is -2.38. The van der Waals surface area contributed by atoms with Gasteiger partial charge in [0.05, 0.1) is 0 Å². The molecule has 2 rings (SSSR count). The topological polar surface area (TPSA) is 12.0 Å². The predicted octanol–water partition coefficient (Wildman–Crippen LogP) is 3.84. The van der Waals surface area contributed by atoms with Crippen LogP contribution in [0.1, 0.15) is 52.4 Å². The number of alkyl halides is 2. The van der Waals surface area contributed by atoms with Crippen molar-refractivity contribution >= 4 is 0 Å². The van der Waals surface area contributed by atoms with E-state index in [1.54, 1.807) is 0 Å². The monoisotopic (exact) mass is 245 g/mol. The van der Waals surface area contributed by atoms with Crippen LogP contribution in [0.4, 0.5) is 8.78 Å². The fraction of sp³-hybridized carbons (Fsp3) is 1.00. The van der Waals surface area contributed by atoms with Gasteiger partial charge in [-0.15, -0.1) is 0 Å². The standard InChI is InChI=1S/C14H25F2N/c1-10(11(2)9-17-13-3-4-13)7-12-5-6-14(15,16)8-12/h10-13,17H,3-9H2,1-2H3. The summed E-state index contributed by atoms with van der Waals surface area (Å²) in [6, 6.07) is 0.750. The van der Waals surface area contributed by atoms with Gasteiger partial charge in [-0.25, -0.2) is 8.78 Å². The lowest BCUT2D eigenvalue weighted by atomic mass is 9.86. The van der Waals surface area contributed by atoms with Gasteiger partial charge in [0.2, 0.25) is 5.92 Å². The van der Waals surface area contributed by atoms with E-state index in [4.69, 9.17) is 0 Å². The molecule has 2 fully saturated rings. The normalized spacial score (nSPS) is 31.4. The molecule has 17 heavy (non-hydrogen) atoms. The molecule has 1 nitrogen and oxygen atoms in total. The zero-order chi connectivity index (χ0) is 12.5. The Bertz CT molecular complexity index is 251. The smallest absolute Gasteiger partial charge is 0.248 e. The molecule has 0 bridgehead atoms. The number of hydrogen-bond donors (Lipinski definition) is 1. The van der Waals surface area contributed by atoms with Crippen molar-refractivity contribution < 1.29 is 8.78 Å². The zero-order valence-corrected chi connectivity index (χ0v) is 11.0. The molecule has 0 radical (unpaired) electrons. The molecule has 0 heterocycles. The van der Waals surface area contributed by atoms with E-state index in [1.807, 2.05) is 0 Å². The number of hydrogen-bond acceptors (Lipinski definition) is 1. The van der Waals surface area contributed by atoms with Gasteiger partial charge < -0.3 is 5.32 Å². The van der Waals surface area contributed by atoms with Crippen molar-refractivity contribution in [3.8, 4) is 0 Å². The van der Waals surface area contributed by atoms with E-state index in [1.165, 1.54) is 12.8 Å². The maximum absolute atomic E-state index is 13.1. The first-order chi connectivity index (χ1) is 7.96. The Balaban J connectivity index is 1.66. The third-order valence-corrected chi connectivity index (χ3v) is 4.49. The summed E-state index contributed by atoms with van der Waals surface area (Å²) in [6.07, 6.45) is 4.56. The van der Waals surface area contributed by atoms with Crippen LogP contribution in [0.3, 0.4) is 0 Å². The first-order valence-corrected chi connectivity index (χ1v) is 7.07. The van der Waals surface area contributed by atoms with Gasteiger partial charge in [0.15, 0.2) is 0 Å². The highest BCUT2D eigenvalue weighted by Crippen LogP contribution is 2.42. The Morgan fingerprint density at radius 1 is 1.18 bits per heavy atom. The molecular formula is C14H25F2N. The Labute approximate surface area is 103 Å². The van der Waals surface area contributed by atoms with Crippen molar-refractivity contribution in [1.82, 2.24) is 5.32 Å². The average molecular weight is 245 g/mol. The van der Waals surface area contributed by atoms with E-state index in [-0.39, 0.29) is 18.8 Å². The predicted molar refractivity (Wildman–Crippen MR) is 66.3 cm³/mol. The first kappa shape index (κ1) is 13.3. The molecule has 0 aromatic carbocycles. The molecule has 0 aliphatic heterocycles. The molecule has 0 aromatic heterocycles. The van der Waals surface area contributed by atoms with E-state index in [2.05, 4.69) is 19.2 Å². The fourth-order valence-electron chi connectivity index (χ4n) is 2.84. The molecule has 3 unspecified atom stereocenters. The van der Waals surface area contributed by atoms with Crippen LogP contribution in [-0.4, -0.2) is 18.5 Å². The van der Waals surface area contributed by atoms with Gasteiger partial charge in [-0.05, 0) is 50.0 Å². The third-order valence-electron chi connectivity index (χ3n) is 4.49. The van der Waals surface area contributed by atoms with Crippen LogP contribution in [0.25, 0.3) is 0 Å². The summed E-state index contributed by atoms with van der Waals surface area (Å²) in [5.74, 6) is -0.965. The van der Waals surface area contributed by atoms with E-state index >= 15 is 0 Å². The van der Waals surface area contributed by atoms with Gasteiger partial charge >= 0.3 is 0 Å². The van der Waals surface area contributed by atoms with Gasteiger partial charge in [0.1, 0.15) is 0 Å². The van der Waals surface area contributed by atoms with Crippen LogP contribution in [-0.2, 0) is 0 Å². The minimum Gasteiger partial charge on any atom is -0.314 e. The Kier molecular flexibility index (Phi) is 4.06. The first-order valence-electron chi connectivity index (χ1n) is 7.07.